The lowest BCUT2D eigenvalue weighted by molar-refractivity contribution is -0.384. The molecule has 0 aliphatic carbocycles. The number of nitro groups is 1. The maximum atomic E-state index is 12.5. The number of likely N-dealkylation sites (N-methyl/N-ethyl adjacent to an activating group) is 1. The number of nitrogens with zero attached hydrogens (tertiary/aromatic N) is 2. The topological polar surface area (TPSA) is 107 Å². The van der Waals surface area contributed by atoms with Crippen LogP contribution in [0.15, 0.2) is 24.3 Å². The van der Waals surface area contributed by atoms with Crippen LogP contribution in [-0.4, -0.2) is 54.6 Å². The third-order valence-corrected chi connectivity index (χ3v) is 4.25. The molecule has 0 amide bonds. The molecule has 2 unspecified atom stereocenters. The van der Waals surface area contributed by atoms with Crippen molar-refractivity contribution < 1.29 is 24.0 Å². The second kappa shape index (κ2) is 10.5. The van der Waals surface area contributed by atoms with Crippen molar-refractivity contribution >= 4 is 23.2 Å². The van der Waals surface area contributed by atoms with Crippen molar-refractivity contribution in [2.75, 3.05) is 27.2 Å². The number of non-ortho nitro benzene ring substituents is 1. The molecule has 0 saturated heterocycles. The van der Waals surface area contributed by atoms with Gasteiger partial charge in [-0.3, -0.25) is 24.5 Å². The Labute approximate surface area is 158 Å². The average molecular weight is 378 g/mol. The SMILES string of the molecule is CCC(=O)C(c1cccc([N+](=O)[O-])c1)C(CC(=O)OCCN(C)C)C(C)=O. The van der Waals surface area contributed by atoms with Crippen LogP contribution in [0, 0.1) is 16.0 Å². The van der Waals surface area contributed by atoms with Crippen LogP contribution in [0.4, 0.5) is 5.69 Å². The van der Waals surface area contributed by atoms with Gasteiger partial charge < -0.3 is 9.64 Å². The molecular weight excluding hydrogens is 352 g/mol. The minimum atomic E-state index is -0.925. The van der Waals surface area contributed by atoms with Gasteiger partial charge in [-0.1, -0.05) is 19.1 Å². The Morgan fingerprint density at radius 3 is 2.44 bits per heavy atom. The maximum absolute atomic E-state index is 12.5. The minimum absolute atomic E-state index is 0.146. The van der Waals surface area contributed by atoms with Crippen molar-refractivity contribution in [2.45, 2.75) is 32.6 Å². The van der Waals surface area contributed by atoms with E-state index in [-0.39, 0.29) is 36.7 Å². The van der Waals surface area contributed by atoms with E-state index in [1.165, 1.54) is 25.1 Å². The van der Waals surface area contributed by atoms with Gasteiger partial charge in [0.1, 0.15) is 18.2 Å². The fraction of sp³-hybridized carbons (Fsp3) is 0.526. The smallest absolute Gasteiger partial charge is 0.306 e. The van der Waals surface area contributed by atoms with Crippen molar-refractivity contribution in [1.82, 2.24) is 4.90 Å². The molecule has 0 spiro atoms. The van der Waals surface area contributed by atoms with Gasteiger partial charge in [-0.15, -0.1) is 0 Å². The highest BCUT2D eigenvalue weighted by Gasteiger charge is 2.34. The van der Waals surface area contributed by atoms with Crippen LogP contribution in [0.3, 0.4) is 0 Å². The summed E-state index contributed by atoms with van der Waals surface area (Å²) in [7, 11) is 3.68. The lowest BCUT2D eigenvalue weighted by Crippen LogP contribution is -2.30. The van der Waals surface area contributed by atoms with E-state index in [1.807, 2.05) is 19.0 Å². The van der Waals surface area contributed by atoms with Crippen molar-refractivity contribution in [3.8, 4) is 0 Å². The number of rotatable bonds is 11. The van der Waals surface area contributed by atoms with E-state index in [2.05, 4.69) is 0 Å². The van der Waals surface area contributed by atoms with E-state index in [4.69, 9.17) is 4.74 Å². The van der Waals surface area contributed by atoms with E-state index < -0.39 is 22.7 Å². The van der Waals surface area contributed by atoms with E-state index in [0.29, 0.717) is 12.1 Å². The van der Waals surface area contributed by atoms with Gasteiger partial charge in [-0.2, -0.15) is 0 Å². The van der Waals surface area contributed by atoms with Crippen LogP contribution in [0.25, 0.3) is 0 Å². The van der Waals surface area contributed by atoms with E-state index in [0.717, 1.165) is 0 Å². The monoisotopic (exact) mass is 378 g/mol. The normalized spacial score (nSPS) is 13.1. The van der Waals surface area contributed by atoms with Crippen LogP contribution < -0.4 is 0 Å². The summed E-state index contributed by atoms with van der Waals surface area (Å²) < 4.78 is 5.14. The quantitative estimate of drug-likeness (QED) is 0.330. The highest BCUT2D eigenvalue weighted by molar-refractivity contribution is 5.94. The fourth-order valence-electron chi connectivity index (χ4n) is 2.77. The number of ketones is 2. The Kier molecular flexibility index (Phi) is 8.74. The number of ether oxygens (including phenoxy) is 1. The number of Topliss-reactive ketones (excluding diaryl/α,β-unsaturated/α-hetero) is 2. The molecule has 27 heavy (non-hydrogen) atoms. The lowest BCUT2D eigenvalue weighted by Gasteiger charge is -2.24. The number of benzene rings is 1. The largest absolute Gasteiger partial charge is 0.464 e. The van der Waals surface area contributed by atoms with E-state index in [1.54, 1.807) is 13.0 Å². The molecule has 1 rings (SSSR count). The highest BCUT2D eigenvalue weighted by Crippen LogP contribution is 2.32. The molecule has 1 aromatic carbocycles. The summed E-state index contributed by atoms with van der Waals surface area (Å²) in [5, 5.41) is 11.0. The summed E-state index contributed by atoms with van der Waals surface area (Å²) in [5.41, 5.74) is 0.189. The minimum Gasteiger partial charge on any atom is -0.464 e. The highest BCUT2D eigenvalue weighted by atomic mass is 16.6. The summed E-state index contributed by atoms with van der Waals surface area (Å²) in [6, 6.07) is 5.63. The van der Waals surface area contributed by atoms with Crippen molar-refractivity contribution in [3.63, 3.8) is 0 Å². The number of carbonyl (C=O) groups excluding carboxylic acids is 3. The Balaban J connectivity index is 3.11. The van der Waals surface area contributed by atoms with E-state index in [9.17, 15) is 24.5 Å². The maximum Gasteiger partial charge on any atom is 0.306 e. The Bertz CT molecular complexity index is 701. The van der Waals surface area contributed by atoms with E-state index >= 15 is 0 Å². The van der Waals surface area contributed by atoms with Gasteiger partial charge in [0.05, 0.1) is 17.3 Å². The number of hydrogen-bond acceptors (Lipinski definition) is 7. The summed E-state index contributed by atoms with van der Waals surface area (Å²) in [6.45, 7) is 3.68. The molecule has 0 bridgehead atoms. The third kappa shape index (κ3) is 6.90. The lowest BCUT2D eigenvalue weighted by atomic mass is 9.78. The number of nitro benzene ring substituents is 1. The average Bonchev–Trinajstić information content (AvgIpc) is 2.60. The van der Waals surface area contributed by atoms with Crippen molar-refractivity contribution in [2.24, 2.45) is 5.92 Å². The molecule has 0 N–H and O–H groups in total. The Morgan fingerprint density at radius 1 is 1.26 bits per heavy atom. The molecule has 0 aliphatic rings. The molecular formula is C19H26N2O6. The zero-order chi connectivity index (χ0) is 20.6. The summed E-state index contributed by atoms with van der Waals surface area (Å²) in [4.78, 5) is 49.2. The fourth-order valence-corrected chi connectivity index (χ4v) is 2.77. The van der Waals surface area contributed by atoms with Crippen LogP contribution >= 0.6 is 0 Å². The standard InChI is InChI=1S/C19H26N2O6/c1-5-17(23)19(14-7-6-8-15(11-14)21(25)26)16(13(2)22)12-18(24)27-10-9-20(3)4/h6-8,11,16,19H,5,9-10,12H2,1-4H3. The number of carbonyl (C=O) groups is 3. The first-order valence-electron chi connectivity index (χ1n) is 8.75. The molecule has 0 aromatic heterocycles. The molecule has 0 aliphatic heterocycles. The Morgan fingerprint density at radius 2 is 1.93 bits per heavy atom. The molecule has 1 aromatic rings. The van der Waals surface area contributed by atoms with Gasteiger partial charge in [-0.25, -0.2) is 0 Å². The first-order valence-corrected chi connectivity index (χ1v) is 8.75. The first kappa shape index (κ1) is 22.4. The van der Waals surface area contributed by atoms with Crippen molar-refractivity contribution in [1.29, 1.82) is 0 Å². The van der Waals surface area contributed by atoms with Gasteiger partial charge in [-0.05, 0) is 26.6 Å². The second-order valence-electron chi connectivity index (χ2n) is 6.59. The van der Waals surface area contributed by atoms with Crippen LogP contribution in [0.1, 0.15) is 38.2 Å². The zero-order valence-electron chi connectivity index (χ0n) is 16.1. The summed E-state index contributed by atoms with van der Waals surface area (Å²) in [6.07, 6.45) is -0.103. The first-order chi connectivity index (χ1) is 12.7. The zero-order valence-corrected chi connectivity index (χ0v) is 16.1. The van der Waals surface area contributed by atoms with Gasteiger partial charge >= 0.3 is 5.97 Å². The molecule has 0 fully saturated rings. The Hall–Kier alpha value is -2.61. The predicted molar refractivity (Wildman–Crippen MR) is 99.4 cm³/mol. The van der Waals surface area contributed by atoms with Crippen LogP contribution in [-0.2, 0) is 19.1 Å². The third-order valence-electron chi connectivity index (χ3n) is 4.25. The number of hydrogen-bond donors (Lipinski definition) is 0. The molecule has 0 heterocycles. The molecule has 148 valence electrons. The van der Waals surface area contributed by atoms with Gasteiger partial charge in [0, 0.05) is 31.0 Å². The molecule has 2 atom stereocenters. The van der Waals surface area contributed by atoms with Crippen molar-refractivity contribution in [3.05, 3.63) is 39.9 Å². The summed E-state index contributed by atoms with van der Waals surface area (Å²) >= 11 is 0. The van der Waals surface area contributed by atoms with Gasteiger partial charge in [0.2, 0.25) is 0 Å². The second-order valence-corrected chi connectivity index (χ2v) is 6.59. The van der Waals surface area contributed by atoms with Crippen LogP contribution in [0.2, 0.25) is 0 Å². The molecule has 0 radical (unpaired) electrons. The number of esters is 1. The molecule has 8 heteroatoms. The van der Waals surface area contributed by atoms with Gasteiger partial charge in [0.15, 0.2) is 0 Å². The predicted octanol–water partition coefficient (Wildman–Crippen LogP) is 2.36. The molecule has 8 nitrogen and oxygen atoms in total. The van der Waals surface area contributed by atoms with Gasteiger partial charge in [0.25, 0.3) is 5.69 Å². The molecule has 0 saturated carbocycles. The summed E-state index contributed by atoms with van der Waals surface area (Å²) in [5.74, 6) is -3.01. The van der Waals surface area contributed by atoms with Crippen LogP contribution in [0.5, 0.6) is 0 Å².